The van der Waals surface area contributed by atoms with Crippen molar-refractivity contribution in [1.82, 2.24) is 4.90 Å². The molecule has 1 aliphatic heterocycles. The summed E-state index contributed by atoms with van der Waals surface area (Å²) < 4.78 is 39.7. The Balaban J connectivity index is 2.26. The molecule has 2 aromatic carbocycles. The Bertz CT molecular complexity index is 1240. The van der Waals surface area contributed by atoms with Crippen LogP contribution in [0.3, 0.4) is 0 Å². The molecule has 170 valence electrons. The van der Waals surface area contributed by atoms with Crippen LogP contribution < -0.4 is 10.6 Å². The van der Waals surface area contributed by atoms with Crippen molar-refractivity contribution < 1.29 is 27.6 Å². The van der Waals surface area contributed by atoms with Gasteiger partial charge in [-0.05, 0) is 49.7 Å². The molecule has 0 unspecified atom stereocenters. The fourth-order valence-corrected chi connectivity index (χ4v) is 3.94. The van der Waals surface area contributed by atoms with Gasteiger partial charge in [-0.1, -0.05) is 12.1 Å². The number of rotatable bonds is 4. The van der Waals surface area contributed by atoms with Gasteiger partial charge in [-0.25, -0.2) is 4.79 Å². The highest BCUT2D eigenvalue weighted by molar-refractivity contribution is 6.05. The highest BCUT2D eigenvalue weighted by Crippen LogP contribution is 2.41. The number of nitriles is 1. The first kappa shape index (κ1) is 23.5. The largest absolute Gasteiger partial charge is 0.416 e. The third-order valence-corrected chi connectivity index (χ3v) is 5.43. The number of carbonyl (C=O) groups is 3. The quantitative estimate of drug-likeness (QED) is 0.746. The van der Waals surface area contributed by atoms with Crippen molar-refractivity contribution >= 4 is 23.4 Å². The average molecular weight is 456 g/mol. The van der Waals surface area contributed by atoms with E-state index >= 15 is 0 Å². The van der Waals surface area contributed by atoms with E-state index in [1.54, 1.807) is 0 Å². The highest BCUT2D eigenvalue weighted by atomic mass is 19.4. The lowest BCUT2D eigenvalue weighted by molar-refractivity contribution is -0.137. The molecule has 0 saturated heterocycles. The minimum atomic E-state index is -4.62. The fourth-order valence-electron chi connectivity index (χ4n) is 3.94. The van der Waals surface area contributed by atoms with Gasteiger partial charge in [0.05, 0.1) is 28.9 Å². The summed E-state index contributed by atoms with van der Waals surface area (Å²) in [6.07, 6.45) is -4.62. The molecule has 33 heavy (non-hydrogen) atoms. The average Bonchev–Trinajstić information content (AvgIpc) is 2.75. The standard InChI is InChI=1S/C23H19F3N4O3/c1-12-19(13(2)31)20(17-8-7-14(11-27)9-18(17)21(28)32)29(3)22(33)30(12)16-6-4-5-15(10-16)23(24,25)26/h4-10,20H,1-3H3,(H2,28,32)/t20-/m1/s1. The summed E-state index contributed by atoms with van der Waals surface area (Å²) in [4.78, 5) is 40.3. The van der Waals surface area contributed by atoms with Crippen LogP contribution >= 0.6 is 0 Å². The predicted molar refractivity (Wildman–Crippen MR) is 113 cm³/mol. The smallest absolute Gasteiger partial charge is 0.366 e. The maximum atomic E-state index is 13.3. The van der Waals surface area contributed by atoms with E-state index in [9.17, 15) is 27.6 Å². The number of nitrogens with zero attached hydrogens (tertiary/aromatic N) is 3. The van der Waals surface area contributed by atoms with Crippen LogP contribution in [0.5, 0.6) is 0 Å². The number of amides is 3. The number of nitrogens with two attached hydrogens (primary N) is 1. The van der Waals surface area contributed by atoms with Gasteiger partial charge in [0.1, 0.15) is 0 Å². The number of hydrogen-bond donors (Lipinski definition) is 1. The number of hydrogen-bond acceptors (Lipinski definition) is 4. The van der Waals surface area contributed by atoms with Gasteiger partial charge in [-0.2, -0.15) is 18.4 Å². The van der Waals surface area contributed by atoms with Gasteiger partial charge in [0.25, 0.3) is 0 Å². The van der Waals surface area contributed by atoms with Crippen LogP contribution in [0.15, 0.2) is 53.7 Å². The van der Waals surface area contributed by atoms with Crippen molar-refractivity contribution in [2.45, 2.75) is 26.1 Å². The summed E-state index contributed by atoms with van der Waals surface area (Å²) in [5.74, 6) is -1.31. The van der Waals surface area contributed by atoms with Crippen LogP contribution in [0.2, 0.25) is 0 Å². The number of halogens is 3. The minimum Gasteiger partial charge on any atom is -0.366 e. The molecule has 1 aliphatic rings. The predicted octanol–water partition coefficient (Wildman–Crippen LogP) is 4.15. The molecule has 3 rings (SSSR count). The molecule has 1 heterocycles. The van der Waals surface area contributed by atoms with E-state index in [0.717, 1.165) is 21.9 Å². The zero-order valence-electron chi connectivity index (χ0n) is 17.9. The Labute approximate surface area is 187 Å². The van der Waals surface area contributed by atoms with Gasteiger partial charge in [-0.3, -0.25) is 14.5 Å². The Morgan fingerprint density at radius 3 is 2.36 bits per heavy atom. The zero-order valence-corrected chi connectivity index (χ0v) is 17.9. The molecule has 0 spiro atoms. The summed E-state index contributed by atoms with van der Waals surface area (Å²) in [6.45, 7) is 2.70. The SMILES string of the molecule is CC(=O)C1=C(C)N(c2cccc(C(F)(F)F)c2)C(=O)N(C)[C@@H]1c1ccc(C#N)cc1C(N)=O. The normalized spacial score (nSPS) is 16.6. The van der Waals surface area contributed by atoms with Gasteiger partial charge >= 0.3 is 12.2 Å². The van der Waals surface area contributed by atoms with E-state index in [1.807, 2.05) is 6.07 Å². The van der Waals surface area contributed by atoms with Gasteiger partial charge < -0.3 is 10.6 Å². The second-order valence-electron chi connectivity index (χ2n) is 7.51. The Kier molecular flexibility index (Phi) is 6.01. The third-order valence-electron chi connectivity index (χ3n) is 5.43. The van der Waals surface area contributed by atoms with Crippen LogP contribution in [-0.4, -0.2) is 29.7 Å². The van der Waals surface area contributed by atoms with Crippen molar-refractivity contribution in [3.63, 3.8) is 0 Å². The van der Waals surface area contributed by atoms with Crippen molar-refractivity contribution in [1.29, 1.82) is 5.26 Å². The van der Waals surface area contributed by atoms with E-state index in [2.05, 4.69) is 0 Å². The van der Waals surface area contributed by atoms with Crippen molar-refractivity contribution in [2.24, 2.45) is 5.73 Å². The van der Waals surface area contributed by atoms with Gasteiger partial charge in [0, 0.05) is 23.9 Å². The number of primary amides is 1. The number of Topliss-reactive ketones (excluding diaryl/α,β-unsaturated/α-hetero) is 1. The van der Waals surface area contributed by atoms with Gasteiger partial charge in [0.15, 0.2) is 5.78 Å². The van der Waals surface area contributed by atoms with Crippen LogP contribution in [-0.2, 0) is 11.0 Å². The Hall–Kier alpha value is -4.13. The second kappa shape index (κ2) is 8.43. The lowest BCUT2D eigenvalue weighted by atomic mass is 9.87. The highest BCUT2D eigenvalue weighted by Gasteiger charge is 2.41. The number of urea groups is 1. The second-order valence-corrected chi connectivity index (χ2v) is 7.51. The first-order chi connectivity index (χ1) is 15.4. The molecular formula is C23H19F3N4O3. The number of ketones is 1. The van der Waals surface area contributed by atoms with E-state index in [-0.39, 0.29) is 33.6 Å². The summed E-state index contributed by atoms with van der Waals surface area (Å²) in [5.41, 5.74) is 5.04. The number of benzene rings is 2. The number of carbonyl (C=O) groups excluding carboxylic acids is 3. The van der Waals surface area contributed by atoms with Crippen molar-refractivity contribution in [3.8, 4) is 6.07 Å². The summed E-state index contributed by atoms with van der Waals surface area (Å²) >= 11 is 0. The van der Waals surface area contributed by atoms with Crippen LogP contribution in [0.1, 0.15) is 46.9 Å². The molecule has 1 atom stereocenters. The molecule has 10 heteroatoms. The van der Waals surface area contributed by atoms with Crippen LogP contribution in [0.4, 0.5) is 23.7 Å². The van der Waals surface area contributed by atoms with E-state index in [1.165, 1.54) is 51.2 Å². The molecule has 2 N–H and O–H groups in total. The lowest BCUT2D eigenvalue weighted by Crippen LogP contribution is -2.49. The monoisotopic (exact) mass is 456 g/mol. The molecular weight excluding hydrogens is 437 g/mol. The van der Waals surface area contributed by atoms with E-state index in [0.29, 0.717) is 0 Å². The summed E-state index contributed by atoms with van der Waals surface area (Å²) in [5, 5.41) is 9.14. The fraction of sp³-hybridized carbons (Fsp3) is 0.217. The zero-order chi connectivity index (χ0) is 24.7. The molecule has 0 aliphatic carbocycles. The maximum Gasteiger partial charge on any atom is 0.416 e. The molecule has 2 aromatic rings. The topological polar surface area (TPSA) is 108 Å². The lowest BCUT2D eigenvalue weighted by Gasteiger charge is -2.41. The van der Waals surface area contributed by atoms with Gasteiger partial charge in [-0.15, -0.1) is 0 Å². The molecule has 7 nitrogen and oxygen atoms in total. The Morgan fingerprint density at radius 1 is 1.15 bits per heavy atom. The minimum absolute atomic E-state index is 0.0437. The van der Waals surface area contributed by atoms with Crippen molar-refractivity contribution in [2.75, 3.05) is 11.9 Å². The number of anilines is 1. The number of alkyl halides is 3. The molecule has 0 radical (unpaired) electrons. The van der Waals surface area contributed by atoms with E-state index < -0.39 is 35.5 Å². The van der Waals surface area contributed by atoms with Crippen LogP contribution in [0.25, 0.3) is 0 Å². The third kappa shape index (κ3) is 4.17. The number of allylic oxidation sites excluding steroid dienone is 1. The molecule has 0 saturated carbocycles. The number of likely N-dealkylation sites (N-methyl/N-ethyl adjacent to an activating group) is 1. The first-order valence-electron chi connectivity index (χ1n) is 9.68. The van der Waals surface area contributed by atoms with E-state index in [4.69, 9.17) is 11.0 Å². The molecule has 0 bridgehead atoms. The first-order valence-corrected chi connectivity index (χ1v) is 9.68. The van der Waals surface area contributed by atoms with Gasteiger partial charge in [0.2, 0.25) is 5.91 Å². The van der Waals surface area contributed by atoms with Crippen LogP contribution in [0, 0.1) is 11.3 Å². The summed E-state index contributed by atoms with van der Waals surface area (Å²) in [6, 6.07) is 8.48. The Morgan fingerprint density at radius 2 is 1.82 bits per heavy atom. The molecule has 0 fully saturated rings. The molecule has 0 aromatic heterocycles. The summed E-state index contributed by atoms with van der Waals surface area (Å²) in [7, 11) is 1.37. The van der Waals surface area contributed by atoms with Crippen molar-refractivity contribution in [3.05, 3.63) is 76.0 Å². The maximum absolute atomic E-state index is 13.3. The molecule has 3 amide bonds.